The zero-order chi connectivity index (χ0) is 13.8. The smallest absolute Gasteiger partial charge is 0.303 e. The van der Waals surface area contributed by atoms with E-state index in [0.29, 0.717) is 19.0 Å². The van der Waals surface area contributed by atoms with E-state index in [0.717, 1.165) is 17.7 Å². The molecule has 0 saturated heterocycles. The van der Waals surface area contributed by atoms with Gasteiger partial charge in [0.2, 0.25) is 0 Å². The van der Waals surface area contributed by atoms with Crippen LogP contribution in [0.1, 0.15) is 31.4 Å². The van der Waals surface area contributed by atoms with Gasteiger partial charge in [-0.25, -0.2) is 0 Å². The van der Waals surface area contributed by atoms with Crippen LogP contribution in [0.2, 0.25) is 0 Å². The highest BCUT2D eigenvalue weighted by atomic mass is 16.5. The van der Waals surface area contributed by atoms with Crippen LogP contribution >= 0.6 is 0 Å². The first-order chi connectivity index (χ1) is 9.08. The third kappa shape index (κ3) is 3.38. The Morgan fingerprint density at radius 2 is 2.05 bits per heavy atom. The van der Waals surface area contributed by atoms with Crippen molar-refractivity contribution in [2.45, 2.75) is 25.8 Å². The Kier molecular flexibility index (Phi) is 4.27. The van der Waals surface area contributed by atoms with Gasteiger partial charge < -0.3 is 20.3 Å². The lowest BCUT2D eigenvalue weighted by molar-refractivity contribution is -0.138. The maximum atomic E-state index is 10.7. The predicted octanol–water partition coefficient (Wildman–Crippen LogP) is 1.96. The Hall–Kier alpha value is -1.75. The first-order valence-electron chi connectivity index (χ1n) is 6.45. The molecule has 0 bridgehead atoms. The molecule has 2 unspecified atom stereocenters. The van der Waals surface area contributed by atoms with Crippen molar-refractivity contribution in [1.29, 1.82) is 0 Å². The summed E-state index contributed by atoms with van der Waals surface area (Å²) in [4.78, 5) is 10.7. The van der Waals surface area contributed by atoms with Crippen LogP contribution in [0.15, 0.2) is 18.2 Å². The molecule has 1 aromatic carbocycles. The largest absolute Gasteiger partial charge is 0.490 e. The van der Waals surface area contributed by atoms with Crippen molar-refractivity contribution in [3.05, 3.63) is 23.8 Å². The zero-order valence-electron chi connectivity index (χ0n) is 11.0. The summed E-state index contributed by atoms with van der Waals surface area (Å²) < 4.78 is 11.2. The topological polar surface area (TPSA) is 81.8 Å². The van der Waals surface area contributed by atoms with Crippen LogP contribution in [0.3, 0.4) is 0 Å². The summed E-state index contributed by atoms with van der Waals surface area (Å²) in [7, 11) is 0. The van der Waals surface area contributed by atoms with Gasteiger partial charge >= 0.3 is 5.97 Å². The third-order valence-corrected chi connectivity index (χ3v) is 3.27. The minimum absolute atomic E-state index is 0.0512. The number of rotatable bonds is 4. The summed E-state index contributed by atoms with van der Waals surface area (Å²) in [5, 5.41) is 8.81. The van der Waals surface area contributed by atoms with Gasteiger partial charge in [0.05, 0.1) is 13.2 Å². The lowest BCUT2D eigenvalue weighted by Crippen LogP contribution is -2.21. The predicted molar refractivity (Wildman–Crippen MR) is 70.4 cm³/mol. The summed E-state index contributed by atoms with van der Waals surface area (Å²) in [5.74, 6) is 0.437. The molecular weight excluding hydrogens is 246 g/mol. The Balaban J connectivity index is 2.16. The van der Waals surface area contributed by atoms with Gasteiger partial charge in [0, 0.05) is 18.9 Å². The quantitative estimate of drug-likeness (QED) is 0.869. The number of fused-ring (bicyclic) bond motifs is 1. The molecule has 104 valence electrons. The fourth-order valence-electron chi connectivity index (χ4n) is 2.12. The fourth-order valence-corrected chi connectivity index (χ4v) is 2.12. The van der Waals surface area contributed by atoms with E-state index in [9.17, 15) is 4.79 Å². The number of benzene rings is 1. The lowest BCUT2D eigenvalue weighted by Gasteiger charge is -2.19. The molecule has 0 saturated carbocycles. The van der Waals surface area contributed by atoms with E-state index in [2.05, 4.69) is 0 Å². The molecule has 0 radical (unpaired) electrons. The maximum absolute atomic E-state index is 10.7. The molecule has 0 spiro atoms. The molecular formula is C14H19NO4. The Bertz CT molecular complexity index is 461. The van der Waals surface area contributed by atoms with Crippen molar-refractivity contribution in [3.63, 3.8) is 0 Å². The van der Waals surface area contributed by atoms with Gasteiger partial charge in [0.25, 0.3) is 0 Å². The van der Waals surface area contributed by atoms with Gasteiger partial charge in [0.1, 0.15) is 0 Å². The number of hydrogen-bond acceptors (Lipinski definition) is 4. The van der Waals surface area contributed by atoms with Crippen molar-refractivity contribution >= 4 is 5.97 Å². The van der Waals surface area contributed by atoms with E-state index in [1.54, 1.807) is 0 Å². The van der Waals surface area contributed by atoms with Crippen molar-refractivity contribution in [2.75, 3.05) is 13.2 Å². The molecule has 1 aliphatic heterocycles. The molecule has 0 aliphatic carbocycles. The molecule has 0 fully saturated rings. The minimum atomic E-state index is -0.836. The van der Waals surface area contributed by atoms with Crippen molar-refractivity contribution in [1.82, 2.24) is 0 Å². The number of carbonyl (C=O) groups is 1. The van der Waals surface area contributed by atoms with Gasteiger partial charge in [-0.1, -0.05) is 13.0 Å². The molecule has 0 aromatic heterocycles. The molecule has 1 aromatic rings. The highest BCUT2D eigenvalue weighted by Gasteiger charge is 2.20. The first kappa shape index (κ1) is 13.7. The highest BCUT2D eigenvalue weighted by molar-refractivity contribution is 5.67. The first-order valence-corrected chi connectivity index (χ1v) is 6.45. The standard InChI is InChI=1S/C14H19NO4/c1-9(7-13(16)17)14(15)10-3-4-11-12(8-10)19-6-2-5-18-11/h3-4,8-9,14H,2,5-7,15H2,1H3,(H,16,17). The van der Waals surface area contributed by atoms with Crippen LogP contribution in [0.4, 0.5) is 0 Å². The molecule has 5 heteroatoms. The fraction of sp³-hybridized carbons (Fsp3) is 0.500. The highest BCUT2D eigenvalue weighted by Crippen LogP contribution is 2.33. The lowest BCUT2D eigenvalue weighted by atomic mass is 9.92. The van der Waals surface area contributed by atoms with E-state index in [4.69, 9.17) is 20.3 Å². The van der Waals surface area contributed by atoms with E-state index in [1.165, 1.54) is 0 Å². The van der Waals surface area contributed by atoms with E-state index in [1.807, 2.05) is 25.1 Å². The average Bonchev–Trinajstić information content (AvgIpc) is 2.61. The summed E-state index contributed by atoms with van der Waals surface area (Å²) in [5.41, 5.74) is 6.97. The van der Waals surface area contributed by atoms with Crippen LogP contribution in [0.5, 0.6) is 11.5 Å². The molecule has 5 nitrogen and oxygen atoms in total. The Morgan fingerprint density at radius 1 is 1.37 bits per heavy atom. The number of hydrogen-bond donors (Lipinski definition) is 2. The molecule has 1 aliphatic rings. The van der Waals surface area contributed by atoms with Crippen molar-refractivity contribution in [2.24, 2.45) is 11.7 Å². The van der Waals surface area contributed by atoms with Gasteiger partial charge in [-0.05, 0) is 23.6 Å². The molecule has 2 rings (SSSR count). The normalized spacial score (nSPS) is 17.4. The maximum Gasteiger partial charge on any atom is 0.303 e. The number of nitrogens with two attached hydrogens (primary N) is 1. The summed E-state index contributed by atoms with van der Waals surface area (Å²) in [6.45, 7) is 3.10. The Labute approximate surface area is 112 Å². The van der Waals surface area contributed by atoms with Crippen molar-refractivity contribution in [3.8, 4) is 11.5 Å². The summed E-state index contributed by atoms with van der Waals surface area (Å²) in [6, 6.07) is 5.23. The second kappa shape index (κ2) is 5.93. The number of aliphatic carboxylic acids is 1. The summed E-state index contributed by atoms with van der Waals surface area (Å²) in [6.07, 6.45) is 0.904. The molecule has 1 heterocycles. The van der Waals surface area contributed by atoms with Gasteiger partial charge in [-0.2, -0.15) is 0 Å². The van der Waals surface area contributed by atoms with Gasteiger partial charge in [-0.3, -0.25) is 4.79 Å². The average molecular weight is 265 g/mol. The molecule has 0 amide bonds. The van der Waals surface area contributed by atoms with Crippen molar-refractivity contribution < 1.29 is 19.4 Å². The monoisotopic (exact) mass is 265 g/mol. The van der Waals surface area contributed by atoms with Gasteiger partial charge in [-0.15, -0.1) is 0 Å². The van der Waals surface area contributed by atoms with Crippen LogP contribution in [0, 0.1) is 5.92 Å². The second-order valence-electron chi connectivity index (χ2n) is 4.86. The van der Waals surface area contributed by atoms with E-state index < -0.39 is 5.97 Å². The SMILES string of the molecule is CC(CC(=O)O)C(N)c1ccc2c(c1)OCCCO2. The minimum Gasteiger partial charge on any atom is -0.490 e. The third-order valence-electron chi connectivity index (χ3n) is 3.27. The Morgan fingerprint density at radius 3 is 2.74 bits per heavy atom. The second-order valence-corrected chi connectivity index (χ2v) is 4.86. The van der Waals surface area contributed by atoms with E-state index >= 15 is 0 Å². The zero-order valence-corrected chi connectivity index (χ0v) is 11.0. The van der Waals surface area contributed by atoms with Crippen LogP contribution in [-0.4, -0.2) is 24.3 Å². The number of carboxylic acids is 1. The molecule has 2 atom stereocenters. The summed E-state index contributed by atoms with van der Waals surface area (Å²) >= 11 is 0. The molecule has 3 N–H and O–H groups in total. The van der Waals surface area contributed by atoms with Gasteiger partial charge in [0.15, 0.2) is 11.5 Å². The van der Waals surface area contributed by atoms with Crippen LogP contribution in [-0.2, 0) is 4.79 Å². The number of carboxylic acid groups (broad SMARTS) is 1. The molecule has 19 heavy (non-hydrogen) atoms. The number of ether oxygens (including phenoxy) is 2. The van der Waals surface area contributed by atoms with Crippen LogP contribution < -0.4 is 15.2 Å². The van der Waals surface area contributed by atoms with E-state index in [-0.39, 0.29) is 18.4 Å². The van der Waals surface area contributed by atoms with Crippen LogP contribution in [0.25, 0.3) is 0 Å².